The zero-order valence-electron chi connectivity index (χ0n) is 10.8. The fraction of sp³-hybridized carbons (Fsp3) is 0. The molecule has 20 heavy (non-hydrogen) atoms. The first-order valence-electron chi connectivity index (χ1n) is 6.34. The number of hydrogen-bond acceptors (Lipinski definition) is 3. The summed E-state index contributed by atoms with van der Waals surface area (Å²) >= 11 is 1.49. The number of nitrogens with zero attached hydrogens (tertiary/aromatic N) is 1. The molecular formula is C17H13NOS. The number of aldehydes is 1. The Bertz CT molecular complexity index is 652. The van der Waals surface area contributed by atoms with Crippen molar-refractivity contribution in [3.63, 3.8) is 0 Å². The summed E-state index contributed by atoms with van der Waals surface area (Å²) in [7, 11) is 0. The zero-order valence-corrected chi connectivity index (χ0v) is 11.6. The molecule has 0 spiro atoms. The molecule has 0 N–H and O–H groups in total. The second-order valence-corrected chi connectivity index (χ2v) is 5.39. The lowest BCUT2D eigenvalue weighted by molar-refractivity contribution is 0.112. The van der Waals surface area contributed by atoms with Crippen molar-refractivity contribution in [3.05, 3.63) is 77.7 Å². The fourth-order valence-corrected chi connectivity index (χ4v) is 2.95. The number of carbonyl (C=O) groups excluding carboxylic acids is 1. The Kier molecular flexibility index (Phi) is 3.61. The van der Waals surface area contributed by atoms with Crippen molar-refractivity contribution < 1.29 is 4.79 Å². The summed E-state index contributed by atoms with van der Waals surface area (Å²) in [5, 5.41) is 1.03. The predicted molar refractivity (Wildman–Crippen MR) is 84.4 cm³/mol. The van der Waals surface area contributed by atoms with Crippen LogP contribution < -0.4 is 4.90 Å². The molecule has 2 nitrogen and oxygen atoms in total. The minimum Gasteiger partial charge on any atom is -0.302 e. The number of carbonyl (C=O) groups is 1. The highest BCUT2D eigenvalue weighted by Gasteiger charge is 2.13. The standard InChI is InChI=1S/C17H13NOS/c19-13-16-11-12-17(20-16)18(14-7-3-1-4-8-14)15-9-5-2-6-10-15/h1-13H. The fourth-order valence-electron chi connectivity index (χ4n) is 2.08. The summed E-state index contributed by atoms with van der Waals surface area (Å²) in [6.45, 7) is 0. The van der Waals surface area contributed by atoms with Crippen LogP contribution in [0.2, 0.25) is 0 Å². The summed E-state index contributed by atoms with van der Waals surface area (Å²) in [6, 6.07) is 24.1. The molecule has 1 heterocycles. The number of benzene rings is 2. The smallest absolute Gasteiger partial charge is 0.160 e. The average Bonchev–Trinajstić information content (AvgIpc) is 2.98. The number of rotatable bonds is 4. The molecule has 0 fully saturated rings. The highest BCUT2D eigenvalue weighted by molar-refractivity contribution is 7.17. The molecule has 2 aromatic carbocycles. The minimum atomic E-state index is 0.733. The van der Waals surface area contributed by atoms with Gasteiger partial charge in [0.05, 0.1) is 4.88 Å². The molecule has 0 saturated carbocycles. The topological polar surface area (TPSA) is 20.3 Å². The van der Waals surface area contributed by atoms with Crippen LogP contribution >= 0.6 is 11.3 Å². The Labute approximate surface area is 121 Å². The third-order valence-electron chi connectivity index (χ3n) is 2.98. The van der Waals surface area contributed by atoms with Crippen LogP contribution in [0.1, 0.15) is 9.67 Å². The van der Waals surface area contributed by atoms with Crippen molar-refractivity contribution in [2.24, 2.45) is 0 Å². The normalized spacial score (nSPS) is 10.2. The van der Waals surface area contributed by atoms with Gasteiger partial charge in [0.25, 0.3) is 0 Å². The largest absolute Gasteiger partial charge is 0.302 e. The van der Waals surface area contributed by atoms with Crippen LogP contribution in [0.25, 0.3) is 0 Å². The molecule has 0 amide bonds. The lowest BCUT2D eigenvalue weighted by Gasteiger charge is -2.23. The minimum absolute atomic E-state index is 0.733. The first-order chi connectivity index (χ1) is 9.88. The molecule has 0 atom stereocenters. The highest BCUT2D eigenvalue weighted by atomic mass is 32.1. The van der Waals surface area contributed by atoms with E-state index in [1.807, 2.05) is 48.5 Å². The van der Waals surface area contributed by atoms with Gasteiger partial charge >= 0.3 is 0 Å². The van der Waals surface area contributed by atoms with Crippen molar-refractivity contribution in [2.45, 2.75) is 0 Å². The average molecular weight is 279 g/mol. The van der Waals surface area contributed by atoms with Crippen molar-refractivity contribution in [1.29, 1.82) is 0 Å². The summed E-state index contributed by atoms with van der Waals surface area (Å²) < 4.78 is 0. The first kappa shape index (κ1) is 12.6. The molecule has 0 aliphatic carbocycles. The van der Waals surface area contributed by atoms with Crippen LogP contribution in [0.4, 0.5) is 16.4 Å². The van der Waals surface area contributed by atoms with Gasteiger partial charge in [-0.2, -0.15) is 0 Å². The molecule has 0 aliphatic rings. The predicted octanol–water partition coefficient (Wildman–Crippen LogP) is 5.03. The first-order valence-corrected chi connectivity index (χ1v) is 7.15. The number of para-hydroxylation sites is 2. The van der Waals surface area contributed by atoms with Gasteiger partial charge in [-0.15, -0.1) is 11.3 Å². The lowest BCUT2D eigenvalue weighted by Crippen LogP contribution is -2.07. The Morgan fingerprint density at radius 3 is 1.75 bits per heavy atom. The van der Waals surface area contributed by atoms with E-state index in [0.29, 0.717) is 0 Å². The van der Waals surface area contributed by atoms with Crippen LogP contribution in [-0.2, 0) is 0 Å². The van der Waals surface area contributed by atoms with E-state index in [1.54, 1.807) is 0 Å². The molecule has 0 saturated heterocycles. The maximum Gasteiger partial charge on any atom is 0.160 e. The monoisotopic (exact) mass is 279 g/mol. The van der Waals surface area contributed by atoms with E-state index in [9.17, 15) is 4.79 Å². The molecule has 0 aliphatic heterocycles. The second kappa shape index (κ2) is 5.72. The van der Waals surface area contributed by atoms with Crippen molar-refractivity contribution >= 4 is 34.0 Å². The lowest BCUT2D eigenvalue weighted by atomic mass is 10.2. The van der Waals surface area contributed by atoms with Crippen molar-refractivity contribution in [3.8, 4) is 0 Å². The Balaban J connectivity index is 2.11. The highest BCUT2D eigenvalue weighted by Crippen LogP contribution is 2.37. The second-order valence-electron chi connectivity index (χ2n) is 4.30. The van der Waals surface area contributed by atoms with E-state index in [2.05, 4.69) is 29.2 Å². The number of anilines is 3. The zero-order chi connectivity index (χ0) is 13.8. The summed E-state index contributed by atoms with van der Waals surface area (Å²) in [5.41, 5.74) is 2.16. The van der Waals surface area contributed by atoms with E-state index >= 15 is 0 Å². The Hall–Kier alpha value is -2.39. The molecule has 98 valence electrons. The van der Waals surface area contributed by atoms with Crippen LogP contribution in [0.15, 0.2) is 72.8 Å². The van der Waals surface area contributed by atoms with E-state index in [0.717, 1.165) is 27.5 Å². The van der Waals surface area contributed by atoms with Gasteiger partial charge in [-0.05, 0) is 36.4 Å². The summed E-state index contributed by atoms with van der Waals surface area (Å²) in [4.78, 5) is 13.8. The third-order valence-corrected chi connectivity index (χ3v) is 3.97. The van der Waals surface area contributed by atoms with Gasteiger partial charge in [-0.25, -0.2) is 0 Å². The van der Waals surface area contributed by atoms with Crippen LogP contribution in [0.3, 0.4) is 0 Å². The quantitative estimate of drug-likeness (QED) is 0.624. The summed E-state index contributed by atoms with van der Waals surface area (Å²) in [6.07, 6.45) is 0.891. The van der Waals surface area contributed by atoms with Crippen molar-refractivity contribution in [2.75, 3.05) is 4.90 Å². The van der Waals surface area contributed by atoms with Gasteiger partial charge in [0.15, 0.2) is 6.29 Å². The molecule has 0 radical (unpaired) electrons. The number of thiophene rings is 1. The van der Waals surface area contributed by atoms with Crippen molar-refractivity contribution in [1.82, 2.24) is 0 Å². The van der Waals surface area contributed by atoms with Gasteiger partial charge in [0.1, 0.15) is 5.00 Å². The van der Waals surface area contributed by atoms with E-state index in [4.69, 9.17) is 0 Å². The van der Waals surface area contributed by atoms with E-state index in [1.165, 1.54) is 11.3 Å². The summed E-state index contributed by atoms with van der Waals surface area (Å²) in [5.74, 6) is 0. The Morgan fingerprint density at radius 1 is 0.750 bits per heavy atom. The molecule has 0 unspecified atom stereocenters. The van der Waals surface area contributed by atoms with Gasteiger partial charge in [0, 0.05) is 11.4 Å². The Morgan fingerprint density at radius 2 is 1.30 bits per heavy atom. The van der Waals surface area contributed by atoms with E-state index < -0.39 is 0 Å². The SMILES string of the molecule is O=Cc1ccc(N(c2ccccc2)c2ccccc2)s1. The van der Waals surface area contributed by atoms with Gasteiger partial charge < -0.3 is 4.90 Å². The van der Waals surface area contributed by atoms with Gasteiger partial charge in [0.2, 0.25) is 0 Å². The number of hydrogen-bond donors (Lipinski definition) is 0. The van der Waals surface area contributed by atoms with Crippen LogP contribution in [0, 0.1) is 0 Å². The molecule has 1 aromatic heterocycles. The van der Waals surface area contributed by atoms with Crippen LogP contribution in [0.5, 0.6) is 0 Å². The third kappa shape index (κ3) is 2.49. The molecule has 3 heteroatoms. The molecular weight excluding hydrogens is 266 g/mol. The maximum absolute atomic E-state index is 10.9. The van der Waals surface area contributed by atoms with Crippen LogP contribution in [-0.4, -0.2) is 6.29 Å². The molecule has 3 rings (SSSR count). The van der Waals surface area contributed by atoms with Gasteiger partial charge in [-0.1, -0.05) is 36.4 Å². The molecule has 3 aromatic rings. The molecule has 0 bridgehead atoms. The van der Waals surface area contributed by atoms with E-state index in [-0.39, 0.29) is 0 Å². The maximum atomic E-state index is 10.9. The van der Waals surface area contributed by atoms with Gasteiger partial charge in [-0.3, -0.25) is 4.79 Å².